The molecule has 0 aliphatic heterocycles. The van der Waals surface area contributed by atoms with Crippen LogP contribution in [-0.4, -0.2) is 9.97 Å². The van der Waals surface area contributed by atoms with Gasteiger partial charge in [-0.25, -0.2) is 4.98 Å². The Labute approximate surface area is 146 Å². The average Bonchev–Trinajstić information content (AvgIpc) is 3.11. The fourth-order valence-corrected chi connectivity index (χ4v) is 4.08. The van der Waals surface area contributed by atoms with E-state index in [1.807, 2.05) is 30.6 Å². The Morgan fingerprint density at radius 2 is 1.88 bits per heavy atom. The van der Waals surface area contributed by atoms with Crippen molar-refractivity contribution >= 4 is 11.3 Å². The predicted octanol–water partition coefficient (Wildman–Crippen LogP) is 4.37. The molecule has 1 aliphatic rings. The van der Waals surface area contributed by atoms with Gasteiger partial charge in [-0.05, 0) is 54.5 Å². The molecule has 0 unspecified atom stereocenters. The summed E-state index contributed by atoms with van der Waals surface area (Å²) in [5, 5.41) is 4.53. The predicted molar refractivity (Wildman–Crippen MR) is 99.0 cm³/mol. The Morgan fingerprint density at radius 1 is 0.958 bits per heavy atom. The van der Waals surface area contributed by atoms with Crippen molar-refractivity contribution in [3.63, 3.8) is 0 Å². The van der Waals surface area contributed by atoms with E-state index in [0.717, 1.165) is 23.8 Å². The van der Waals surface area contributed by atoms with Crippen LogP contribution in [0.3, 0.4) is 0 Å². The van der Waals surface area contributed by atoms with E-state index in [-0.39, 0.29) is 0 Å². The van der Waals surface area contributed by atoms with Crippen LogP contribution in [-0.2, 0) is 25.9 Å². The van der Waals surface area contributed by atoms with Crippen molar-refractivity contribution in [3.05, 3.63) is 70.4 Å². The van der Waals surface area contributed by atoms with Gasteiger partial charge in [0.05, 0.1) is 5.69 Å². The molecule has 2 heterocycles. The summed E-state index contributed by atoms with van der Waals surface area (Å²) >= 11 is 1.71. The monoisotopic (exact) mass is 335 g/mol. The number of aryl methyl sites for hydroxylation is 2. The number of hydrogen-bond acceptors (Lipinski definition) is 4. The fourth-order valence-electron chi connectivity index (χ4n) is 3.22. The lowest BCUT2D eigenvalue weighted by molar-refractivity contribution is 0.674. The molecule has 0 spiro atoms. The molecule has 0 fully saturated rings. The molecule has 0 amide bonds. The van der Waals surface area contributed by atoms with E-state index in [2.05, 4.69) is 33.5 Å². The van der Waals surface area contributed by atoms with Gasteiger partial charge in [0, 0.05) is 30.4 Å². The van der Waals surface area contributed by atoms with Crippen LogP contribution in [0.25, 0.3) is 10.7 Å². The number of benzene rings is 1. The minimum Gasteiger partial charge on any atom is -0.308 e. The van der Waals surface area contributed by atoms with Crippen LogP contribution in [0, 0.1) is 0 Å². The topological polar surface area (TPSA) is 37.8 Å². The molecular formula is C20H21N3S. The first-order chi connectivity index (χ1) is 11.9. The van der Waals surface area contributed by atoms with Crippen LogP contribution >= 0.6 is 11.3 Å². The molecule has 1 N–H and O–H groups in total. The molecule has 1 aliphatic carbocycles. The third-order valence-electron chi connectivity index (χ3n) is 4.48. The highest BCUT2D eigenvalue weighted by Crippen LogP contribution is 2.24. The van der Waals surface area contributed by atoms with Gasteiger partial charge in [-0.15, -0.1) is 11.3 Å². The van der Waals surface area contributed by atoms with Crippen molar-refractivity contribution in [2.45, 2.75) is 38.8 Å². The first-order valence-corrected chi connectivity index (χ1v) is 9.38. The minimum atomic E-state index is 0.849. The highest BCUT2D eigenvalue weighted by atomic mass is 32.1. The zero-order valence-electron chi connectivity index (χ0n) is 13.7. The average molecular weight is 335 g/mol. The number of pyridine rings is 1. The molecule has 4 rings (SSSR count). The maximum absolute atomic E-state index is 4.49. The molecule has 0 saturated carbocycles. The van der Waals surface area contributed by atoms with E-state index in [1.165, 1.54) is 36.1 Å². The van der Waals surface area contributed by atoms with Gasteiger partial charge in [-0.3, -0.25) is 4.98 Å². The van der Waals surface area contributed by atoms with Crippen LogP contribution in [0.5, 0.6) is 0 Å². The molecular weight excluding hydrogens is 314 g/mol. The molecule has 1 aromatic carbocycles. The number of aromatic nitrogens is 2. The summed E-state index contributed by atoms with van der Waals surface area (Å²) in [6.45, 7) is 1.76. The number of fused-ring (bicyclic) bond motifs is 1. The molecule has 4 heteroatoms. The normalized spacial score (nSPS) is 13.7. The zero-order valence-corrected chi connectivity index (χ0v) is 14.5. The zero-order chi connectivity index (χ0) is 16.2. The molecule has 2 aromatic heterocycles. The van der Waals surface area contributed by atoms with Gasteiger partial charge < -0.3 is 5.32 Å². The summed E-state index contributed by atoms with van der Waals surface area (Å²) in [4.78, 5) is 10.1. The van der Waals surface area contributed by atoms with Crippen LogP contribution in [0.2, 0.25) is 0 Å². The first kappa shape index (κ1) is 15.5. The van der Waals surface area contributed by atoms with Crippen LogP contribution in [0.1, 0.15) is 34.4 Å². The maximum Gasteiger partial charge on any atom is 0.142 e. The standard InChI is InChI=1S/C20H21N3S/c1-2-6-17-11-15(8-9-16(17)5-1)12-21-13-18-14-23-20(24-18)19-7-3-4-10-22-19/h3-4,7-11,14,21H,1-2,5-6,12-13H2. The highest BCUT2D eigenvalue weighted by Gasteiger charge is 2.09. The SMILES string of the molecule is c1ccc(-c2ncc(CNCc3ccc4c(c3)CCCC4)s2)nc1. The van der Waals surface area contributed by atoms with Crippen molar-refractivity contribution in [1.82, 2.24) is 15.3 Å². The largest absolute Gasteiger partial charge is 0.308 e. The number of rotatable bonds is 5. The Hall–Kier alpha value is -2.04. The molecule has 122 valence electrons. The van der Waals surface area contributed by atoms with E-state index in [9.17, 15) is 0 Å². The number of hydrogen-bond donors (Lipinski definition) is 1. The quantitative estimate of drug-likeness (QED) is 0.752. The van der Waals surface area contributed by atoms with E-state index in [1.54, 1.807) is 22.5 Å². The van der Waals surface area contributed by atoms with Gasteiger partial charge in [0.25, 0.3) is 0 Å². The minimum absolute atomic E-state index is 0.849. The summed E-state index contributed by atoms with van der Waals surface area (Å²) < 4.78 is 0. The Morgan fingerprint density at radius 3 is 2.75 bits per heavy atom. The van der Waals surface area contributed by atoms with E-state index in [0.29, 0.717) is 0 Å². The van der Waals surface area contributed by atoms with Gasteiger partial charge in [0.1, 0.15) is 5.01 Å². The second kappa shape index (κ2) is 7.24. The first-order valence-electron chi connectivity index (χ1n) is 8.56. The second-order valence-electron chi connectivity index (χ2n) is 6.26. The maximum atomic E-state index is 4.49. The number of nitrogens with zero attached hydrogens (tertiary/aromatic N) is 2. The number of nitrogens with one attached hydrogen (secondary N) is 1. The van der Waals surface area contributed by atoms with Crippen LogP contribution < -0.4 is 5.32 Å². The van der Waals surface area contributed by atoms with Crippen molar-refractivity contribution in [2.24, 2.45) is 0 Å². The lowest BCUT2D eigenvalue weighted by Crippen LogP contribution is -2.12. The molecule has 0 atom stereocenters. The molecule has 0 radical (unpaired) electrons. The van der Waals surface area contributed by atoms with Crippen molar-refractivity contribution in [1.29, 1.82) is 0 Å². The summed E-state index contributed by atoms with van der Waals surface area (Å²) in [7, 11) is 0. The molecule has 24 heavy (non-hydrogen) atoms. The van der Waals surface area contributed by atoms with Gasteiger partial charge >= 0.3 is 0 Å². The van der Waals surface area contributed by atoms with E-state index >= 15 is 0 Å². The summed E-state index contributed by atoms with van der Waals surface area (Å²) in [6.07, 6.45) is 8.93. The summed E-state index contributed by atoms with van der Waals surface area (Å²) in [6, 6.07) is 12.9. The lowest BCUT2D eigenvalue weighted by Gasteiger charge is -2.16. The Balaban J connectivity index is 1.35. The third kappa shape index (κ3) is 3.55. The molecule has 3 aromatic rings. The number of thiazole rings is 1. The van der Waals surface area contributed by atoms with E-state index in [4.69, 9.17) is 0 Å². The third-order valence-corrected chi connectivity index (χ3v) is 5.50. The highest BCUT2D eigenvalue weighted by molar-refractivity contribution is 7.14. The van der Waals surface area contributed by atoms with Crippen molar-refractivity contribution < 1.29 is 0 Å². The van der Waals surface area contributed by atoms with Crippen molar-refractivity contribution in [3.8, 4) is 10.7 Å². The lowest BCUT2D eigenvalue weighted by atomic mass is 9.90. The van der Waals surface area contributed by atoms with Gasteiger partial charge in [-0.1, -0.05) is 24.3 Å². The van der Waals surface area contributed by atoms with Gasteiger partial charge in [0.15, 0.2) is 0 Å². The van der Waals surface area contributed by atoms with Crippen molar-refractivity contribution in [2.75, 3.05) is 0 Å². The Bertz CT molecular complexity index is 811. The van der Waals surface area contributed by atoms with Crippen LogP contribution in [0.4, 0.5) is 0 Å². The Kier molecular flexibility index (Phi) is 4.67. The second-order valence-corrected chi connectivity index (χ2v) is 7.38. The molecule has 0 bridgehead atoms. The summed E-state index contributed by atoms with van der Waals surface area (Å²) in [5.41, 5.74) is 5.43. The molecule has 0 saturated heterocycles. The fraction of sp³-hybridized carbons (Fsp3) is 0.300. The summed E-state index contributed by atoms with van der Waals surface area (Å²) in [5.74, 6) is 0. The molecule has 3 nitrogen and oxygen atoms in total. The smallest absolute Gasteiger partial charge is 0.142 e. The van der Waals surface area contributed by atoms with E-state index < -0.39 is 0 Å². The van der Waals surface area contributed by atoms with Crippen LogP contribution in [0.15, 0.2) is 48.8 Å². The van der Waals surface area contributed by atoms with Gasteiger partial charge in [-0.2, -0.15) is 0 Å². The van der Waals surface area contributed by atoms with Gasteiger partial charge in [0.2, 0.25) is 0 Å².